The maximum atomic E-state index is 10.2. The Morgan fingerprint density at radius 2 is 1.74 bits per heavy atom. The standard InChI is InChI=1S/C7H13NO.C7H6O2.ClH/c9-7-5-6-1-3-8(7)4-2-6;8-7(9)6-4-2-1-3-5-6;/h6-7,9H,1-5H2;1-5H,(H,8,9);1H. The molecule has 1 unspecified atom stereocenters. The number of carboxylic acid groups (broad SMARTS) is 1. The normalized spacial score (nSPS) is 27.7. The highest BCUT2D eigenvalue weighted by Crippen LogP contribution is 2.30. The van der Waals surface area contributed by atoms with Crippen molar-refractivity contribution < 1.29 is 15.0 Å². The van der Waals surface area contributed by atoms with E-state index in [0.717, 1.165) is 25.4 Å². The van der Waals surface area contributed by atoms with Gasteiger partial charge in [-0.15, -0.1) is 12.4 Å². The first-order valence-corrected chi connectivity index (χ1v) is 6.37. The van der Waals surface area contributed by atoms with E-state index in [0.29, 0.717) is 5.56 Å². The van der Waals surface area contributed by atoms with E-state index in [1.165, 1.54) is 12.8 Å². The molecule has 3 heterocycles. The van der Waals surface area contributed by atoms with Crippen LogP contribution in [0, 0.1) is 5.92 Å². The number of fused-ring (bicyclic) bond motifs is 3. The van der Waals surface area contributed by atoms with E-state index in [-0.39, 0.29) is 18.6 Å². The average Bonchev–Trinajstić information content (AvgIpc) is 2.41. The van der Waals surface area contributed by atoms with Crippen molar-refractivity contribution in [2.24, 2.45) is 5.92 Å². The number of nitrogens with zero attached hydrogens (tertiary/aromatic N) is 1. The monoisotopic (exact) mass is 285 g/mol. The van der Waals surface area contributed by atoms with Crippen LogP contribution in [0.1, 0.15) is 29.6 Å². The van der Waals surface area contributed by atoms with E-state index < -0.39 is 5.97 Å². The van der Waals surface area contributed by atoms with Crippen LogP contribution in [0.3, 0.4) is 0 Å². The van der Waals surface area contributed by atoms with Gasteiger partial charge >= 0.3 is 5.97 Å². The molecule has 0 radical (unpaired) electrons. The van der Waals surface area contributed by atoms with Crippen LogP contribution in [0.15, 0.2) is 30.3 Å². The third-order valence-electron chi connectivity index (χ3n) is 3.64. The van der Waals surface area contributed by atoms with E-state index in [9.17, 15) is 9.90 Å². The SMILES string of the molecule is Cl.O=C(O)c1ccccc1.OC1CC2CCN1CC2. The van der Waals surface area contributed by atoms with Crippen LogP contribution in [-0.2, 0) is 0 Å². The van der Waals surface area contributed by atoms with E-state index >= 15 is 0 Å². The van der Waals surface area contributed by atoms with Crippen molar-refractivity contribution in [3.8, 4) is 0 Å². The maximum Gasteiger partial charge on any atom is 0.335 e. The van der Waals surface area contributed by atoms with Crippen LogP contribution in [-0.4, -0.2) is 40.4 Å². The van der Waals surface area contributed by atoms with Crippen LogP contribution >= 0.6 is 12.4 Å². The topological polar surface area (TPSA) is 60.8 Å². The summed E-state index contributed by atoms with van der Waals surface area (Å²) in [6.07, 6.45) is 3.56. The zero-order chi connectivity index (χ0) is 13.0. The number of hydrogen-bond acceptors (Lipinski definition) is 3. The minimum Gasteiger partial charge on any atom is -0.478 e. The van der Waals surface area contributed by atoms with Gasteiger partial charge in [-0.25, -0.2) is 4.79 Å². The van der Waals surface area contributed by atoms with Gasteiger partial charge in [0.25, 0.3) is 0 Å². The van der Waals surface area contributed by atoms with E-state index in [4.69, 9.17) is 5.11 Å². The molecule has 3 saturated heterocycles. The highest BCUT2D eigenvalue weighted by molar-refractivity contribution is 5.87. The molecular formula is C14H20ClNO3. The van der Waals surface area contributed by atoms with Gasteiger partial charge in [-0.05, 0) is 37.3 Å². The summed E-state index contributed by atoms with van der Waals surface area (Å²) in [5.74, 6) is -0.0411. The minimum absolute atomic E-state index is 0. The molecule has 4 nitrogen and oxygen atoms in total. The molecule has 3 fully saturated rings. The van der Waals surface area contributed by atoms with Crippen molar-refractivity contribution in [3.05, 3.63) is 35.9 Å². The van der Waals surface area contributed by atoms with Gasteiger partial charge in [-0.3, -0.25) is 4.90 Å². The average molecular weight is 286 g/mol. The fraction of sp³-hybridized carbons (Fsp3) is 0.500. The smallest absolute Gasteiger partial charge is 0.335 e. The molecule has 0 amide bonds. The number of halogens is 1. The molecule has 106 valence electrons. The summed E-state index contributed by atoms with van der Waals surface area (Å²) in [5, 5.41) is 17.7. The summed E-state index contributed by atoms with van der Waals surface area (Å²) in [7, 11) is 0. The number of benzene rings is 1. The van der Waals surface area contributed by atoms with Crippen molar-refractivity contribution in [1.29, 1.82) is 0 Å². The molecular weight excluding hydrogens is 266 g/mol. The number of aliphatic hydroxyl groups excluding tert-OH is 1. The van der Waals surface area contributed by atoms with Crippen LogP contribution in [0.4, 0.5) is 0 Å². The summed E-state index contributed by atoms with van der Waals surface area (Å²) in [6.45, 7) is 2.26. The molecule has 0 aliphatic carbocycles. The second-order valence-electron chi connectivity index (χ2n) is 4.87. The third-order valence-corrected chi connectivity index (χ3v) is 3.64. The Labute approximate surface area is 119 Å². The lowest BCUT2D eigenvalue weighted by atomic mass is 9.87. The lowest BCUT2D eigenvalue weighted by molar-refractivity contribution is -0.0768. The van der Waals surface area contributed by atoms with Crippen molar-refractivity contribution in [2.75, 3.05) is 13.1 Å². The van der Waals surface area contributed by atoms with E-state index in [2.05, 4.69) is 4.90 Å². The van der Waals surface area contributed by atoms with Crippen LogP contribution in [0.2, 0.25) is 0 Å². The van der Waals surface area contributed by atoms with Crippen LogP contribution < -0.4 is 0 Å². The Kier molecular flexibility index (Phi) is 6.28. The first kappa shape index (κ1) is 16.0. The summed E-state index contributed by atoms with van der Waals surface area (Å²) in [5.41, 5.74) is 0.331. The fourth-order valence-electron chi connectivity index (χ4n) is 2.51. The Balaban J connectivity index is 0.000000180. The first-order valence-electron chi connectivity index (χ1n) is 6.37. The van der Waals surface area contributed by atoms with Crippen LogP contribution in [0.5, 0.6) is 0 Å². The highest BCUT2D eigenvalue weighted by Gasteiger charge is 2.31. The number of aromatic carboxylic acids is 1. The zero-order valence-electron chi connectivity index (χ0n) is 10.7. The summed E-state index contributed by atoms with van der Waals surface area (Å²) >= 11 is 0. The molecule has 2 bridgehead atoms. The van der Waals surface area contributed by atoms with Crippen molar-refractivity contribution >= 4 is 18.4 Å². The number of piperidine rings is 3. The molecule has 4 rings (SSSR count). The molecule has 1 aromatic rings. The number of carbonyl (C=O) groups is 1. The molecule has 0 spiro atoms. The lowest BCUT2D eigenvalue weighted by Gasteiger charge is -2.42. The minimum atomic E-state index is -0.879. The zero-order valence-corrected chi connectivity index (χ0v) is 11.6. The molecule has 1 atom stereocenters. The number of rotatable bonds is 1. The maximum absolute atomic E-state index is 10.2. The van der Waals surface area contributed by atoms with Crippen molar-refractivity contribution in [3.63, 3.8) is 0 Å². The Hall–Kier alpha value is -1.10. The van der Waals surface area contributed by atoms with Crippen LogP contribution in [0.25, 0.3) is 0 Å². The quantitative estimate of drug-likeness (QED) is 0.831. The van der Waals surface area contributed by atoms with Gasteiger partial charge < -0.3 is 10.2 Å². The Bertz CT molecular complexity index is 391. The van der Waals surface area contributed by atoms with Crippen molar-refractivity contribution in [1.82, 2.24) is 4.90 Å². The molecule has 0 saturated carbocycles. The fourth-order valence-corrected chi connectivity index (χ4v) is 2.51. The Morgan fingerprint density at radius 1 is 1.16 bits per heavy atom. The number of carboxylic acids is 1. The van der Waals surface area contributed by atoms with Gasteiger partial charge in [0.15, 0.2) is 0 Å². The van der Waals surface area contributed by atoms with Gasteiger partial charge in [-0.2, -0.15) is 0 Å². The summed E-state index contributed by atoms with van der Waals surface area (Å²) in [6, 6.07) is 8.30. The van der Waals surface area contributed by atoms with Gasteiger partial charge in [0.1, 0.15) is 6.23 Å². The summed E-state index contributed by atoms with van der Waals surface area (Å²) < 4.78 is 0. The molecule has 0 aromatic heterocycles. The molecule has 1 aromatic carbocycles. The third kappa shape index (κ3) is 4.49. The lowest BCUT2D eigenvalue weighted by Crippen LogP contribution is -2.48. The first-order chi connectivity index (χ1) is 8.66. The molecule has 3 aliphatic heterocycles. The second-order valence-corrected chi connectivity index (χ2v) is 4.87. The molecule has 2 N–H and O–H groups in total. The highest BCUT2D eigenvalue weighted by atomic mass is 35.5. The van der Waals surface area contributed by atoms with Gasteiger partial charge in [-0.1, -0.05) is 18.2 Å². The largest absolute Gasteiger partial charge is 0.478 e. The molecule has 19 heavy (non-hydrogen) atoms. The number of hydrogen-bond donors (Lipinski definition) is 2. The Morgan fingerprint density at radius 3 is 2.00 bits per heavy atom. The second kappa shape index (κ2) is 7.48. The molecule has 3 aliphatic rings. The predicted molar refractivity (Wildman–Crippen MR) is 75.6 cm³/mol. The van der Waals surface area contributed by atoms with Gasteiger partial charge in [0, 0.05) is 13.1 Å². The predicted octanol–water partition coefficient (Wildman–Crippen LogP) is 2.23. The van der Waals surface area contributed by atoms with E-state index in [1.807, 2.05) is 0 Å². The molecule has 5 heteroatoms. The van der Waals surface area contributed by atoms with Crippen molar-refractivity contribution in [2.45, 2.75) is 25.5 Å². The van der Waals surface area contributed by atoms with Gasteiger partial charge in [0.2, 0.25) is 0 Å². The van der Waals surface area contributed by atoms with Gasteiger partial charge in [0.05, 0.1) is 5.56 Å². The summed E-state index contributed by atoms with van der Waals surface area (Å²) in [4.78, 5) is 12.4. The van der Waals surface area contributed by atoms with E-state index in [1.54, 1.807) is 30.3 Å². The number of aliphatic hydroxyl groups is 1.